The molecular formula is C6H11N2O+. The Balaban J connectivity index is 0. The number of hydrogen-bond acceptors (Lipinski definition) is 2. The Kier molecular flexibility index (Phi) is 4.51. The van der Waals surface area contributed by atoms with Crippen molar-refractivity contribution < 1.29 is 6.22 Å². The van der Waals surface area contributed by atoms with Crippen molar-refractivity contribution in [2.45, 2.75) is 25.7 Å². The highest BCUT2D eigenvalue weighted by atomic mass is 16.1. The zero-order chi connectivity index (χ0) is 7.11. The Morgan fingerprint density at radius 3 is 2.78 bits per heavy atom. The minimum absolute atomic E-state index is 0. The molecule has 0 bridgehead atoms. The van der Waals surface area contributed by atoms with Gasteiger partial charge in [-0.1, -0.05) is 0 Å². The van der Waals surface area contributed by atoms with Gasteiger partial charge in [-0.2, -0.15) is 5.26 Å². The first-order valence-corrected chi connectivity index (χ1v) is 2.92. The van der Waals surface area contributed by atoms with Gasteiger partial charge < -0.3 is 5.73 Å². The maximum absolute atomic E-state index is 10.1. The summed E-state index contributed by atoms with van der Waals surface area (Å²) in [6, 6.07) is 1.99. The van der Waals surface area contributed by atoms with Gasteiger partial charge in [-0.25, -0.2) is 0 Å². The molecule has 0 rings (SSSR count). The maximum atomic E-state index is 10.1. The molecule has 0 radical (unpaired) electrons. The monoisotopic (exact) mass is 127 g/mol. The molecule has 0 fully saturated rings. The molecule has 0 aliphatic carbocycles. The molecule has 0 aromatic heterocycles. The van der Waals surface area contributed by atoms with E-state index in [1.165, 1.54) is 0 Å². The Morgan fingerprint density at radius 1 is 1.67 bits per heavy atom. The summed E-state index contributed by atoms with van der Waals surface area (Å²) in [4.78, 5) is 10.1. The van der Waals surface area contributed by atoms with Crippen LogP contribution in [0.15, 0.2) is 0 Å². The second-order valence-corrected chi connectivity index (χ2v) is 1.83. The van der Waals surface area contributed by atoms with Crippen LogP contribution < -0.4 is 5.73 Å². The minimum atomic E-state index is -0.284. The van der Waals surface area contributed by atoms with Gasteiger partial charge in [0, 0.05) is 12.8 Å². The highest BCUT2D eigenvalue weighted by molar-refractivity contribution is 5.73. The van der Waals surface area contributed by atoms with Crippen LogP contribution in [0.3, 0.4) is 0 Å². The van der Waals surface area contributed by atoms with Gasteiger partial charge in [0.1, 0.15) is 0 Å². The number of hydrogen-bond donors (Lipinski definition) is 1. The number of nitrogens with two attached hydrogens (primary N) is 1. The number of unbranched alkanes of at least 4 members (excludes halogenated alkanes) is 2. The molecule has 0 saturated heterocycles. The zero-order valence-electron chi connectivity index (χ0n) is 6.26. The Labute approximate surface area is 55.9 Å². The Bertz CT molecular complexity index is 130. The molecule has 0 aromatic rings. The van der Waals surface area contributed by atoms with Crippen molar-refractivity contribution in [1.82, 2.24) is 0 Å². The van der Waals surface area contributed by atoms with Crippen LogP contribution in [0.5, 0.6) is 0 Å². The number of carbonyl (C=O) groups excluding carboxylic acids is 1. The fraction of sp³-hybridized carbons (Fsp3) is 0.667. The Morgan fingerprint density at radius 2 is 2.33 bits per heavy atom. The lowest BCUT2D eigenvalue weighted by molar-refractivity contribution is -0.118. The standard InChI is InChI=1S/C6H10N2O/c7-5-3-1-2-4-6(8)9/h1-4H2,(H2,8,9)/p+1. The number of primary amides is 1. The zero-order valence-corrected chi connectivity index (χ0v) is 5.26. The van der Waals surface area contributed by atoms with E-state index in [1.54, 1.807) is 0 Å². The number of amides is 1. The van der Waals surface area contributed by atoms with Crippen molar-refractivity contribution >= 4 is 5.91 Å². The summed E-state index contributed by atoms with van der Waals surface area (Å²) < 4.78 is 0. The second kappa shape index (κ2) is 5.10. The molecule has 9 heavy (non-hydrogen) atoms. The predicted molar refractivity (Wildman–Crippen MR) is 34.4 cm³/mol. The first kappa shape index (κ1) is 7.96. The lowest BCUT2D eigenvalue weighted by Gasteiger charge is -1.89. The van der Waals surface area contributed by atoms with Crippen molar-refractivity contribution in [2.24, 2.45) is 5.73 Å². The third kappa shape index (κ3) is 6.96. The quantitative estimate of drug-likeness (QED) is 0.564. The fourth-order valence-electron chi connectivity index (χ4n) is 0.503. The first-order chi connectivity index (χ1) is 4.27. The van der Waals surface area contributed by atoms with Gasteiger partial charge in [0.2, 0.25) is 5.91 Å². The van der Waals surface area contributed by atoms with Gasteiger partial charge in [0.05, 0.1) is 6.07 Å². The van der Waals surface area contributed by atoms with E-state index in [0.717, 1.165) is 12.8 Å². The molecular weight excluding hydrogens is 116 g/mol. The maximum Gasteiger partial charge on any atom is 1.00 e. The van der Waals surface area contributed by atoms with E-state index in [1.807, 2.05) is 6.07 Å². The normalized spacial score (nSPS) is 8.33. The molecule has 2 N–H and O–H groups in total. The summed E-state index contributed by atoms with van der Waals surface area (Å²) in [6.45, 7) is 0. The lowest BCUT2D eigenvalue weighted by atomic mass is 10.2. The van der Waals surface area contributed by atoms with Crippen molar-refractivity contribution in [1.29, 1.82) is 5.26 Å². The van der Waals surface area contributed by atoms with Gasteiger partial charge in [0.25, 0.3) is 0 Å². The van der Waals surface area contributed by atoms with Gasteiger partial charge >= 0.3 is 1.43 Å². The van der Waals surface area contributed by atoms with Gasteiger partial charge in [0.15, 0.2) is 0 Å². The molecule has 0 spiro atoms. The molecule has 0 aromatic carbocycles. The molecule has 0 unspecified atom stereocenters. The summed E-state index contributed by atoms with van der Waals surface area (Å²) in [5.41, 5.74) is 4.85. The highest BCUT2D eigenvalue weighted by Gasteiger charge is 1.91. The molecule has 3 heteroatoms. The van der Waals surface area contributed by atoms with Crippen LogP contribution in [-0.2, 0) is 4.79 Å². The predicted octanol–water partition coefficient (Wildman–Crippen LogP) is 0.668. The van der Waals surface area contributed by atoms with Crippen LogP contribution in [0.2, 0.25) is 0 Å². The summed E-state index contributed by atoms with van der Waals surface area (Å²) in [5.74, 6) is -0.284. The topological polar surface area (TPSA) is 66.9 Å². The van der Waals surface area contributed by atoms with Crippen molar-refractivity contribution in [3.8, 4) is 6.07 Å². The van der Waals surface area contributed by atoms with Crippen LogP contribution in [-0.4, -0.2) is 5.91 Å². The van der Waals surface area contributed by atoms with Crippen LogP contribution in [0.1, 0.15) is 27.1 Å². The molecule has 1 amide bonds. The minimum Gasteiger partial charge on any atom is -0.370 e. The largest absolute Gasteiger partial charge is 1.00 e. The van der Waals surface area contributed by atoms with E-state index in [9.17, 15) is 4.79 Å². The van der Waals surface area contributed by atoms with Crippen molar-refractivity contribution in [3.05, 3.63) is 0 Å². The third-order valence-corrected chi connectivity index (χ3v) is 0.962. The first-order valence-electron chi connectivity index (χ1n) is 2.92. The number of carbonyl (C=O) groups is 1. The number of rotatable bonds is 4. The van der Waals surface area contributed by atoms with Crippen LogP contribution in [0, 0.1) is 11.3 Å². The number of nitriles is 1. The van der Waals surface area contributed by atoms with Gasteiger partial charge in [-0.15, -0.1) is 0 Å². The van der Waals surface area contributed by atoms with Crippen LogP contribution in [0.4, 0.5) is 0 Å². The average Bonchev–Trinajstić information content (AvgIpc) is 1.80. The van der Waals surface area contributed by atoms with E-state index in [0.29, 0.717) is 12.8 Å². The summed E-state index contributed by atoms with van der Waals surface area (Å²) in [5, 5.41) is 8.07. The summed E-state index contributed by atoms with van der Waals surface area (Å²) in [7, 11) is 0. The SMILES string of the molecule is N#CCCCCC(N)=O.[H+]. The smallest absolute Gasteiger partial charge is 0.370 e. The molecule has 0 atom stereocenters. The highest BCUT2D eigenvalue weighted by Crippen LogP contribution is 1.96. The van der Waals surface area contributed by atoms with Crippen molar-refractivity contribution in [3.63, 3.8) is 0 Å². The van der Waals surface area contributed by atoms with Crippen molar-refractivity contribution in [2.75, 3.05) is 0 Å². The third-order valence-electron chi connectivity index (χ3n) is 0.962. The molecule has 0 saturated carbocycles. The number of nitrogens with zero attached hydrogens (tertiary/aromatic N) is 1. The van der Waals surface area contributed by atoms with E-state index in [2.05, 4.69) is 0 Å². The lowest BCUT2D eigenvalue weighted by Crippen LogP contribution is -2.09. The molecule has 50 valence electrons. The fourth-order valence-corrected chi connectivity index (χ4v) is 0.503. The van der Waals surface area contributed by atoms with E-state index in [4.69, 9.17) is 11.0 Å². The van der Waals surface area contributed by atoms with E-state index < -0.39 is 0 Å². The molecule has 0 aliphatic rings. The van der Waals surface area contributed by atoms with E-state index >= 15 is 0 Å². The summed E-state index contributed by atoms with van der Waals surface area (Å²) >= 11 is 0. The second-order valence-electron chi connectivity index (χ2n) is 1.83. The molecule has 0 aliphatic heterocycles. The molecule has 3 nitrogen and oxygen atoms in total. The molecule has 0 heterocycles. The van der Waals surface area contributed by atoms with E-state index in [-0.39, 0.29) is 7.33 Å². The van der Waals surface area contributed by atoms with Crippen LogP contribution >= 0.6 is 0 Å². The van der Waals surface area contributed by atoms with Gasteiger partial charge in [-0.05, 0) is 12.8 Å². The van der Waals surface area contributed by atoms with Gasteiger partial charge in [-0.3, -0.25) is 4.79 Å². The average molecular weight is 127 g/mol. The summed E-state index contributed by atoms with van der Waals surface area (Å²) in [6.07, 6.45) is 2.44. The Hall–Kier alpha value is -1.04. The van der Waals surface area contributed by atoms with Crippen LogP contribution in [0.25, 0.3) is 0 Å².